The lowest BCUT2D eigenvalue weighted by Crippen LogP contribution is -2.35. The molecule has 1 aliphatic rings. The molecule has 2 heterocycles. The predicted octanol–water partition coefficient (Wildman–Crippen LogP) is 0.608. The van der Waals surface area contributed by atoms with Gasteiger partial charge in [-0.3, -0.25) is 4.68 Å². The van der Waals surface area contributed by atoms with E-state index in [1.807, 2.05) is 17.9 Å². The fourth-order valence-electron chi connectivity index (χ4n) is 1.91. The van der Waals surface area contributed by atoms with E-state index in [0.29, 0.717) is 6.04 Å². The Morgan fingerprint density at radius 2 is 2.43 bits per heavy atom. The van der Waals surface area contributed by atoms with Gasteiger partial charge in [-0.15, -0.1) is 0 Å². The lowest BCUT2D eigenvalue weighted by Gasteiger charge is -2.22. The highest BCUT2D eigenvalue weighted by Crippen LogP contribution is 2.14. The SMILES string of the molecule is CC1CN(c2cnn(C)c2)CCCN1. The molecule has 78 valence electrons. The van der Waals surface area contributed by atoms with Crippen molar-refractivity contribution in [2.75, 3.05) is 24.5 Å². The highest BCUT2D eigenvalue weighted by atomic mass is 15.3. The van der Waals surface area contributed by atoms with Crippen molar-refractivity contribution in [3.8, 4) is 0 Å². The Labute approximate surface area is 84.9 Å². The second-order valence-corrected chi connectivity index (χ2v) is 4.03. The van der Waals surface area contributed by atoms with Gasteiger partial charge >= 0.3 is 0 Å². The van der Waals surface area contributed by atoms with Crippen LogP contribution in [-0.2, 0) is 7.05 Å². The van der Waals surface area contributed by atoms with Crippen LogP contribution in [0.5, 0.6) is 0 Å². The van der Waals surface area contributed by atoms with Crippen molar-refractivity contribution in [1.82, 2.24) is 15.1 Å². The number of nitrogens with zero attached hydrogens (tertiary/aromatic N) is 3. The zero-order valence-electron chi connectivity index (χ0n) is 8.90. The molecule has 0 bridgehead atoms. The first-order valence-corrected chi connectivity index (χ1v) is 5.22. The van der Waals surface area contributed by atoms with Crippen molar-refractivity contribution in [3.05, 3.63) is 12.4 Å². The van der Waals surface area contributed by atoms with E-state index < -0.39 is 0 Å². The topological polar surface area (TPSA) is 33.1 Å². The van der Waals surface area contributed by atoms with Crippen LogP contribution in [-0.4, -0.2) is 35.5 Å². The largest absolute Gasteiger partial charge is 0.367 e. The molecule has 1 aromatic heterocycles. The Morgan fingerprint density at radius 1 is 1.57 bits per heavy atom. The van der Waals surface area contributed by atoms with Crippen LogP contribution < -0.4 is 10.2 Å². The first-order chi connectivity index (χ1) is 6.75. The molecule has 0 saturated carbocycles. The summed E-state index contributed by atoms with van der Waals surface area (Å²) in [5.41, 5.74) is 1.24. The van der Waals surface area contributed by atoms with E-state index in [1.54, 1.807) is 0 Å². The molecule has 1 aliphatic heterocycles. The lowest BCUT2D eigenvalue weighted by atomic mass is 10.3. The summed E-state index contributed by atoms with van der Waals surface area (Å²) in [5, 5.41) is 7.68. The van der Waals surface area contributed by atoms with Gasteiger partial charge in [-0.25, -0.2) is 0 Å². The van der Waals surface area contributed by atoms with Crippen LogP contribution in [0.15, 0.2) is 12.4 Å². The van der Waals surface area contributed by atoms with E-state index in [4.69, 9.17) is 0 Å². The third kappa shape index (κ3) is 2.07. The van der Waals surface area contributed by atoms with Gasteiger partial charge in [-0.05, 0) is 19.9 Å². The quantitative estimate of drug-likeness (QED) is 0.711. The molecule has 2 rings (SSSR count). The van der Waals surface area contributed by atoms with Crippen LogP contribution in [0.4, 0.5) is 5.69 Å². The van der Waals surface area contributed by atoms with Gasteiger partial charge < -0.3 is 10.2 Å². The monoisotopic (exact) mass is 194 g/mol. The van der Waals surface area contributed by atoms with Crippen LogP contribution in [0.3, 0.4) is 0 Å². The number of hydrogen-bond acceptors (Lipinski definition) is 3. The summed E-state index contributed by atoms with van der Waals surface area (Å²) < 4.78 is 1.86. The summed E-state index contributed by atoms with van der Waals surface area (Å²) in [5.74, 6) is 0. The second-order valence-electron chi connectivity index (χ2n) is 4.03. The van der Waals surface area contributed by atoms with Crippen molar-refractivity contribution >= 4 is 5.69 Å². The van der Waals surface area contributed by atoms with Crippen LogP contribution in [0.25, 0.3) is 0 Å². The first-order valence-electron chi connectivity index (χ1n) is 5.22. The normalized spacial score (nSPS) is 23.6. The number of anilines is 1. The molecule has 1 aromatic rings. The molecular formula is C10H18N4. The maximum atomic E-state index is 4.20. The van der Waals surface area contributed by atoms with Gasteiger partial charge in [-0.1, -0.05) is 0 Å². The molecule has 4 heteroatoms. The number of rotatable bonds is 1. The standard InChI is InChI=1S/C10H18N4/c1-9-7-14(5-3-4-11-9)10-6-12-13(2)8-10/h6,8-9,11H,3-5,7H2,1-2H3. The number of aromatic nitrogens is 2. The van der Waals surface area contributed by atoms with Crippen LogP contribution in [0, 0.1) is 0 Å². The van der Waals surface area contributed by atoms with E-state index >= 15 is 0 Å². The minimum Gasteiger partial charge on any atom is -0.367 e. The highest BCUT2D eigenvalue weighted by molar-refractivity contribution is 5.42. The molecule has 1 fully saturated rings. The molecule has 1 unspecified atom stereocenters. The second kappa shape index (κ2) is 4.00. The molecule has 1 N–H and O–H groups in total. The molecule has 1 saturated heterocycles. The Balaban J connectivity index is 2.08. The van der Waals surface area contributed by atoms with Gasteiger partial charge in [0.2, 0.25) is 0 Å². The fraction of sp³-hybridized carbons (Fsp3) is 0.700. The third-order valence-electron chi connectivity index (χ3n) is 2.65. The summed E-state index contributed by atoms with van der Waals surface area (Å²) in [6, 6.07) is 0.567. The summed E-state index contributed by atoms with van der Waals surface area (Å²) in [6.07, 6.45) is 5.23. The van der Waals surface area contributed by atoms with Crippen molar-refractivity contribution in [2.24, 2.45) is 7.05 Å². The Bertz CT molecular complexity index is 294. The summed E-state index contributed by atoms with van der Waals surface area (Å²) in [6.45, 7) is 5.56. The molecule has 0 spiro atoms. The molecule has 14 heavy (non-hydrogen) atoms. The van der Waals surface area contributed by atoms with Gasteiger partial charge in [-0.2, -0.15) is 5.10 Å². The number of aryl methyl sites for hydroxylation is 1. The fourth-order valence-corrected chi connectivity index (χ4v) is 1.91. The lowest BCUT2D eigenvalue weighted by molar-refractivity contribution is 0.585. The van der Waals surface area contributed by atoms with E-state index in [2.05, 4.69) is 28.4 Å². The van der Waals surface area contributed by atoms with Crippen molar-refractivity contribution in [1.29, 1.82) is 0 Å². The van der Waals surface area contributed by atoms with E-state index in [1.165, 1.54) is 12.1 Å². The molecule has 1 atom stereocenters. The van der Waals surface area contributed by atoms with Gasteiger partial charge in [0.15, 0.2) is 0 Å². The molecule has 0 radical (unpaired) electrons. The smallest absolute Gasteiger partial charge is 0.0752 e. The Hall–Kier alpha value is -1.03. The van der Waals surface area contributed by atoms with Crippen molar-refractivity contribution in [2.45, 2.75) is 19.4 Å². The highest BCUT2D eigenvalue weighted by Gasteiger charge is 2.15. The maximum Gasteiger partial charge on any atom is 0.0752 e. The molecule has 0 aromatic carbocycles. The average Bonchev–Trinajstić information content (AvgIpc) is 2.45. The van der Waals surface area contributed by atoms with Gasteiger partial charge in [0.1, 0.15) is 0 Å². The zero-order valence-corrected chi connectivity index (χ0v) is 8.90. The third-order valence-corrected chi connectivity index (χ3v) is 2.65. The van der Waals surface area contributed by atoms with Crippen molar-refractivity contribution in [3.63, 3.8) is 0 Å². The van der Waals surface area contributed by atoms with Gasteiger partial charge in [0.25, 0.3) is 0 Å². The van der Waals surface area contributed by atoms with Gasteiger partial charge in [0.05, 0.1) is 11.9 Å². The summed E-state index contributed by atoms with van der Waals surface area (Å²) in [7, 11) is 1.96. The molecular weight excluding hydrogens is 176 g/mol. The first kappa shape index (κ1) is 9.52. The van der Waals surface area contributed by atoms with E-state index in [-0.39, 0.29) is 0 Å². The summed E-state index contributed by atoms with van der Waals surface area (Å²) in [4.78, 5) is 2.40. The number of hydrogen-bond donors (Lipinski definition) is 1. The summed E-state index contributed by atoms with van der Waals surface area (Å²) >= 11 is 0. The zero-order chi connectivity index (χ0) is 9.97. The predicted molar refractivity (Wildman–Crippen MR) is 57.5 cm³/mol. The Morgan fingerprint density at radius 3 is 3.14 bits per heavy atom. The van der Waals surface area contributed by atoms with E-state index in [9.17, 15) is 0 Å². The average molecular weight is 194 g/mol. The minimum atomic E-state index is 0.567. The molecule has 0 amide bonds. The van der Waals surface area contributed by atoms with Gasteiger partial charge in [0, 0.05) is 32.4 Å². The van der Waals surface area contributed by atoms with Crippen LogP contribution >= 0.6 is 0 Å². The van der Waals surface area contributed by atoms with Crippen molar-refractivity contribution < 1.29 is 0 Å². The van der Waals surface area contributed by atoms with Crippen LogP contribution in [0.2, 0.25) is 0 Å². The van der Waals surface area contributed by atoms with Crippen LogP contribution in [0.1, 0.15) is 13.3 Å². The maximum absolute atomic E-state index is 4.20. The Kier molecular flexibility index (Phi) is 2.72. The number of nitrogens with one attached hydrogen (secondary N) is 1. The van der Waals surface area contributed by atoms with E-state index in [0.717, 1.165) is 19.6 Å². The molecule has 4 nitrogen and oxygen atoms in total. The molecule has 0 aliphatic carbocycles. The minimum absolute atomic E-state index is 0.567.